The van der Waals surface area contributed by atoms with Gasteiger partial charge in [0.05, 0.1) is 29.2 Å². The summed E-state index contributed by atoms with van der Waals surface area (Å²) in [6.07, 6.45) is 5.82. The summed E-state index contributed by atoms with van der Waals surface area (Å²) in [7, 11) is 0. The third kappa shape index (κ3) is 5.27. The number of H-pyrrole nitrogens is 1. The van der Waals surface area contributed by atoms with Crippen molar-refractivity contribution in [2.75, 3.05) is 17.6 Å². The molecule has 38 heavy (non-hydrogen) atoms. The van der Waals surface area contributed by atoms with E-state index in [1.807, 2.05) is 24.3 Å². The summed E-state index contributed by atoms with van der Waals surface area (Å²) in [6, 6.07) is 17.7. The second-order valence-corrected chi connectivity index (χ2v) is 9.39. The van der Waals surface area contributed by atoms with E-state index < -0.39 is 0 Å². The van der Waals surface area contributed by atoms with Crippen LogP contribution < -0.4 is 22.1 Å². The van der Waals surface area contributed by atoms with Crippen molar-refractivity contribution in [3.8, 4) is 0 Å². The number of imidazole rings is 1. The Kier molecular flexibility index (Phi) is 6.90. The lowest BCUT2D eigenvalue weighted by atomic mass is 9.90. The van der Waals surface area contributed by atoms with E-state index >= 15 is 0 Å². The highest BCUT2D eigenvalue weighted by molar-refractivity contribution is 6.05. The molecule has 0 saturated carbocycles. The fourth-order valence-corrected chi connectivity index (χ4v) is 4.72. The van der Waals surface area contributed by atoms with Gasteiger partial charge in [0.15, 0.2) is 0 Å². The normalized spacial score (nSPS) is 14.3. The largest absolute Gasteiger partial charge is 0.397 e. The van der Waals surface area contributed by atoms with E-state index in [0.717, 1.165) is 28.9 Å². The van der Waals surface area contributed by atoms with Crippen LogP contribution in [0.2, 0.25) is 0 Å². The quantitative estimate of drug-likeness (QED) is 0.282. The number of nitrogen functional groups attached to an aromatic ring is 1. The molecule has 9 heteroatoms. The van der Waals surface area contributed by atoms with E-state index in [4.69, 9.17) is 5.73 Å². The Morgan fingerprint density at radius 1 is 1.05 bits per heavy atom. The molecule has 2 aromatic heterocycles. The molecule has 4 aromatic rings. The maximum absolute atomic E-state index is 12.8. The van der Waals surface area contributed by atoms with Crippen molar-refractivity contribution in [1.29, 1.82) is 0 Å². The van der Waals surface area contributed by atoms with E-state index in [9.17, 15) is 14.4 Å². The van der Waals surface area contributed by atoms with Gasteiger partial charge in [-0.1, -0.05) is 31.2 Å². The molecule has 0 aliphatic heterocycles. The number of aromatic amines is 1. The summed E-state index contributed by atoms with van der Waals surface area (Å²) < 4.78 is 1.74. The lowest BCUT2D eigenvalue weighted by molar-refractivity contribution is 0.0955. The van der Waals surface area contributed by atoms with Gasteiger partial charge in [-0.2, -0.15) is 0 Å². The highest BCUT2D eigenvalue weighted by Gasteiger charge is 2.24. The van der Waals surface area contributed by atoms with Crippen molar-refractivity contribution in [2.45, 2.75) is 25.8 Å². The summed E-state index contributed by atoms with van der Waals surface area (Å²) in [5.74, 6) is -0.360. The zero-order chi connectivity index (χ0) is 26.6. The highest BCUT2D eigenvalue weighted by Crippen LogP contribution is 2.32. The number of amides is 2. The second-order valence-electron chi connectivity index (χ2n) is 9.39. The van der Waals surface area contributed by atoms with Crippen LogP contribution in [0, 0.1) is 0 Å². The number of aromatic nitrogens is 3. The predicted molar refractivity (Wildman–Crippen MR) is 147 cm³/mol. The topological polar surface area (TPSA) is 135 Å². The monoisotopic (exact) mass is 508 g/mol. The molecule has 1 unspecified atom stereocenters. The summed E-state index contributed by atoms with van der Waals surface area (Å²) in [6.45, 7) is 2.84. The number of hydrogen-bond donors (Lipinski definition) is 4. The van der Waals surface area contributed by atoms with Crippen molar-refractivity contribution in [2.24, 2.45) is 0 Å². The van der Waals surface area contributed by atoms with Gasteiger partial charge in [0, 0.05) is 36.1 Å². The first-order valence-electron chi connectivity index (χ1n) is 12.3. The smallest absolute Gasteiger partial charge is 0.326 e. The van der Waals surface area contributed by atoms with Gasteiger partial charge in [0.25, 0.3) is 11.8 Å². The average molecular weight is 509 g/mol. The van der Waals surface area contributed by atoms with Gasteiger partial charge in [-0.3, -0.25) is 19.1 Å². The highest BCUT2D eigenvalue weighted by atomic mass is 16.2. The van der Waals surface area contributed by atoms with Crippen LogP contribution in [0.15, 0.2) is 83.4 Å². The third-order valence-electron chi connectivity index (χ3n) is 6.60. The molecule has 0 saturated heterocycles. The van der Waals surface area contributed by atoms with Crippen LogP contribution in [0.4, 0.5) is 11.4 Å². The maximum atomic E-state index is 12.8. The molecule has 9 nitrogen and oxygen atoms in total. The summed E-state index contributed by atoms with van der Waals surface area (Å²) >= 11 is 0. The van der Waals surface area contributed by atoms with Gasteiger partial charge in [0.1, 0.15) is 0 Å². The van der Waals surface area contributed by atoms with Gasteiger partial charge in [0.2, 0.25) is 0 Å². The SMILES string of the molecule is CC1CC(CNC(=O)c2cccnc2)=Cc2[nH]c(=O)n(Cc3ccc(C(=O)Nc4ccccc4N)cc3)c21. The Morgan fingerprint density at radius 2 is 1.84 bits per heavy atom. The minimum atomic E-state index is -0.257. The van der Waals surface area contributed by atoms with Crippen LogP contribution in [0.25, 0.3) is 6.08 Å². The summed E-state index contributed by atoms with van der Waals surface area (Å²) in [5.41, 5.74) is 11.4. The second kappa shape index (κ2) is 10.6. The Hall–Kier alpha value is -4.92. The molecule has 5 N–H and O–H groups in total. The molecule has 2 amide bonds. The molecule has 0 fully saturated rings. The summed E-state index contributed by atoms with van der Waals surface area (Å²) in [5, 5.41) is 5.75. The number of carbonyl (C=O) groups is 2. The average Bonchev–Trinajstić information content (AvgIpc) is 3.24. The Morgan fingerprint density at radius 3 is 2.58 bits per heavy atom. The van der Waals surface area contributed by atoms with Crippen LogP contribution >= 0.6 is 0 Å². The molecule has 1 aliphatic rings. The first-order chi connectivity index (χ1) is 18.4. The van der Waals surface area contributed by atoms with Crippen molar-refractivity contribution in [1.82, 2.24) is 19.9 Å². The van der Waals surface area contributed by atoms with Crippen LogP contribution in [0.5, 0.6) is 0 Å². The molecule has 0 bridgehead atoms. The molecule has 1 atom stereocenters. The standard InChI is InChI=1S/C29H28N6O3/c1-18-13-20(15-32-27(36)22-5-4-12-31-16-22)14-25-26(18)35(29(38)34-25)17-19-8-10-21(11-9-19)28(37)33-24-7-3-2-6-23(24)30/h2-12,14,16,18H,13,15,17,30H2,1H3,(H,32,36)(H,33,37)(H,34,38). The Balaban J connectivity index is 1.27. The number of nitrogens with two attached hydrogens (primary N) is 1. The van der Waals surface area contributed by atoms with Gasteiger partial charge in [-0.05, 0) is 60.0 Å². The minimum Gasteiger partial charge on any atom is -0.397 e. The van der Waals surface area contributed by atoms with Gasteiger partial charge >= 0.3 is 5.69 Å². The number of anilines is 2. The van der Waals surface area contributed by atoms with Crippen LogP contribution in [-0.2, 0) is 6.54 Å². The van der Waals surface area contributed by atoms with Crippen LogP contribution in [0.1, 0.15) is 56.9 Å². The van der Waals surface area contributed by atoms with Gasteiger partial charge in [-0.25, -0.2) is 4.79 Å². The number of nitrogens with zero attached hydrogens (tertiary/aromatic N) is 2. The molecular formula is C29H28N6O3. The number of benzene rings is 2. The van der Waals surface area contributed by atoms with E-state index in [2.05, 4.69) is 27.5 Å². The van der Waals surface area contributed by atoms with E-state index in [1.165, 1.54) is 6.20 Å². The van der Waals surface area contributed by atoms with Crippen molar-refractivity contribution < 1.29 is 9.59 Å². The molecule has 0 spiro atoms. The number of carbonyl (C=O) groups excluding carboxylic acids is 2. The van der Waals surface area contributed by atoms with Crippen molar-refractivity contribution in [3.63, 3.8) is 0 Å². The zero-order valence-corrected chi connectivity index (χ0v) is 20.9. The summed E-state index contributed by atoms with van der Waals surface area (Å²) in [4.78, 5) is 44.8. The molecule has 2 aromatic carbocycles. The first-order valence-corrected chi connectivity index (χ1v) is 12.3. The predicted octanol–water partition coefficient (Wildman–Crippen LogP) is 3.77. The maximum Gasteiger partial charge on any atom is 0.326 e. The van der Waals surface area contributed by atoms with E-state index in [-0.39, 0.29) is 23.4 Å². The first kappa shape index (κ1) is 24.8. The lowest BCUT2D eigenvalue weighted by Gasteiger charge is -2.22. The minimum absolute atomic E-state index is 0.0839. The third-order valence-corrected chi connectivity index (χ3v) is 6.60. The van der Waals surface area contributed by atoms with Gasteiger partial charge < -0.3 is 21.4 Å². The number of rotatable bonds is 7. The number of hydrogen-bond acceptors (Lipinski definition) is 5. The number of nitrogens with one attached hydrogen (secondary N) is 3. The number of pyridine rings is 1. The van der Waals surface area contributed by atoms with Crippen LogP contribution in [0.3, 0.4) is 0 Å². The molecule has 0 radical (unpaired) electrons. The Labute approximate surface area is 219 Å². The van der Waals surface area contributed by atoms with E-state index in [0.29, 0.717) is 35.6 Å². The van der Waals surface area contributed by atoms with Crippen LogP contribution in [-0.4, -0.2) is 32.9 Å². The molecular weight excluding hydrogens is 480 g/mol. The fraction of sp³-hybridized carbons (Fsp3) is 0.172. The molecule has 2 heterocycles. The fourth-order valence-electron chi connectivity index (χ4n) is 4.72. The molecule has 1 aliphatic carbocycles. The van der Waals surface area contributed by atoms with E-state index in [1.54, 1.807) is 53.2 Å². The zero-order valence-electron chi connectivity index (χ0n) is 20.9. The Bertz CT molecular complexity index is 1570. The van der Waals surface area contributed by atoms with Gasteiger partial charge in [-0.15, -0.1) is 0 Å². The lowest BCUT2D eigenvalue weighted by Crippen LogP contribution is -2.27. The number of fused-ring (bicyclic) bond motifs is 1. The van der Waals surface area contributed by atoms with Crippen molar-refractivity contribution >= 4 is 29.3 Å². The van der Waals surface area contributed by atoms with Crippen molar-refractivity contribution in [3.05, 3.63) is 117 Å². The number of para-hydroxylation sites is 2. The molecule has 192 valence electrons. The molecule has 5 rings (SSSR count).